The molecule has 0 radical (unpaired) electrons. The molecular formula is C15H24N2O4. The second kappa shape index (κ2) is 5.83. The molecule has 4 atom stereocenters. The number of carbonyl (C=O) groups excluding carboxylic acids is 1. The lowest BCUT2D eigenvalue weighted by molar-refractivity contribution is -0.143. The molecular weight excluding hydrogens is 272 g/mol. The number of ether oxygens (including phenoxy) is 1. The molecule has 6 nitrogen and oxygen atoms in total. The molecule has 0 aromatic carbocycles. The number of hydrogen-bond acceptors (Lipinski definition) is 3. The quantitative estimate of drug-likeness (QED) is 0.826. The molecule has 2 saturated heterocycles. The van der Waals surface area contributed by atoms with Gasteiger partial charge in [0.2, 0.25) is 0 Å². The number of hydrogen-bond donors (Lipinski definition) is 2. The number of nitrogens with zero attached hydrogens (tertiary/aromatic N) is 1. The Balaban J connectivity index is 1.62. The predicted octanol–water partition coefficient (Wildman–Crippen LogP) is 1.45. The van der Waals surface area contributed by atoms with E-state index >= 15 is 0 Å². The van der Waals surface area contributed by atoms with E-state index in [4.69, 9.17) is 4.74 Å². The molecule has 3 aliphatic rings. The van der Waals surface area contributed by atoms with Crippen molar-refractivity contribution in [3.63, 3.8) is 0 Å². The minimum atomic E-state index is -0.905. The predicted molar refractivity (Wildman–Crippen MR) is 75.9 cm³/mol. The number of carboxylic acids is 1. The van der Waals surface area contributed by atoms with Crippen LogP contribution >= 0.6 is 0 Å². The molecule has 1 aliphatic carbocycles. The van der Waals surface area contributed by atoms with Crippen LogP contribution in [0.3, 0.4) is 0 Å². The van der Waals surface area contributed by atoms with Crippen molar-refractivity contribution >= 4 is 12.0 Å². The monoisotopic (exact) mass is 296 g/mol. The van der Waals surface area contributed by atoms with E-state index in [9.17, 15) is 14.7 Å². The zero-order valence-corrected chi connectivity index (χ0v) is 12.5. The SMILES string of the molecule is CC1CCN(C(=O)NC2CCOC2C2CC2)C(C(=O)O)C1. The highest BCUT2D eigenvalue weighted by molar-refractivity contribution is 5.83. The van der Waals surface area contributed by atoms with Crippen LogP contribution in [0.2, 0.25) is 0 Å². The summed E-state index contributed by atoms with van der Waals surface area (Å²) in [5.74, 6) is 0.0248. The van der Waals surface area contributed by atoms with Crippen LogP contribution in [0.4, 0.5) is 4.79 Å². The second-order valence-electron chi connectivity index (χ2n) is 6.69. The number of amides is 2. The fraction of sp³-hybridized carbons (Fsp3) is 0.867. The van der Waals surface area contributed by atoms with Gasteiger partial charge in [-0.15, -0.1) is 0 Å². The van der Waals surface area contributed by atoms with Crippen LogP contribution in [0.1, 0.15) is 39.0 Å². The van der Waals surface area contributed by atoms with Crippen molar-refractivity contribution in [3.8, 4) is 0 Å². The average molecular weight is 296 g/mol. The molecule has 3 fully saturated rings. The topological polar surface area (TPSA) is 78.9 Å². The van der Waals surface area contributed by atoms with E-state index in [1.165, 1.54) is 17.7 Å². The first-order chi connectivity index (χ1) is 10.1. The number of carboxylic acid groups (broad SMARTS) is 1. The van der Waals surface area contributed by atoms with E-state index in [0.29, 0.717) is 31.4 Å². The Kier molecular flexibility index (Phi) is 4.06. The summed E-state index contributed by atoms with van der Waals surface area (Å²) in [4.78, 5) is 25.3. The number of carbonyl (C=O) groups is 2. The van der Waals surface area contributed by atoms with Crippen molar-refractivity contribution < 1.29 is 19.4 Å². The van der Waals surface area contributed by atoms with Gasteiger partial charge in [-0.25, -0.2) is 9.59 Å². The highest BCUT2D eigenvalue weighted by Crippen LogP contribution is 2.38. The van der Waals surface area contributed by atoms with Gasteiger partial charge in [-0.2, -0.15) is 0 Å². The highest BCUT2D eigenvalue weighted by Gasteiger charge is 2.43. The first-order valence-electron chi connectivity index (χ1n) is 7.98. The average Bonchev–Trinajstić information content (AvgIpc) is 3.19. The largest absolute Gasteiger partial charge is 0.480 e. The molecule has 2 aliphatic heterocycles. The van der Waals surface area contributed by atoms with Crippen molar-refractivity contribution in [2.24, 2.45) is 11.8 Å². The number of aliphatic carboxylic acids is 1. The molecule has 0 spiro atoms. The third-order valence-electron chi connectivity index (χ3n) is 4.94. The molecule has 0 bridgehead atoms. The van der Waals surface area contributed by atoms with Crippen molar-refractivity contribution in [1.29, 1.82) is 0 Å². The van der Waals surface area contributed by atoms with Gasteiger partial charge >= 0.3 is 12.0 Å². The Morgan fingerprint density at radius 2 is 2.00 bits per heavy atom. The summed E-state index contributed by atoms with van der Waals surface area (Å²) in [5.41, 5.74) is 0. The number of urea groups is 1. The van der Waals surface area contributed by atoms with E-state index < -0.39 is 12.0 Å². The minimum absolute atomic E-state index is 0.0406. The van der Waals surface area contributed by atoms with Crippen molar-refractivity contribution in [3.05, 3.63) is 0 Å². The maximum Gasteiger partial charge on any atom is 0.326 e. The third kappa shape index (κ3) is 3.15. The number of nitrogens with one attached hydrogen (secondary N) is 1. The van der Waals surface area contributed by atoms with Gasteiger partial charge in [0.25, 0.3) is 0 Å². The van der Waals surface area contributed by atoms with Crippen LogP contribution in [0.25, 0.3) is 0 Å². The van der Waals surface area contributed by atoms with Crippen LogP contribution in [0.5, 0.6) is 0 Å². The highest BCUT2D eigenvalue weighted by atomic mass is 16.5. The Labute approximate surface area is 124 Å². The molecule has 2 heterocycles. The van der Waals surface area contributed by atoms with Crippen LogP contribution in [0.15, 0.2) is 0 Å². The molecule has 21 heavy (non-hydrogen) atoms. The maximum atomic E-state index is 12.5. The Morgan fingerprint density at radius 1 is 1.24 bits per heavy atom. The van der Waals surface area contributed by atoms with Crippen LogP contribution < -0.4 is 5.32 Å². The van der Waals surface area contributed by atoms with Gasteiger partial charge in [-0.05, 0) is 43.9 Å². The van der Waals surface area contributed by atoms with Crippen LogP contribution in [-0.2, 0) is 9.53 Å². The van der Waals surface area contributed by atoms with Crippen LogP contribution in [0, 0.1) is 11.8 Å². The summed E-state index contributed by atoms with van der Waals surface area (Å²) in [6.45, 7) is 3.25. The van der Waals surface area contributed by atoms with Gasteiger partial charge in [-0.3, -0.25) is 0 Å². The van der Waals surface area contributed by atoms with Gasteiger partial charge in [0.1, 0.15) is 6.04 Å². The molecule has 2 amide bonds. The standard InChI is InChI=1S/C15H24N2O4/c1-9-4-6-17(12(8-9)14(18)19)15(20)16-11-5-7-21-13(11)10-2-3-10/h9-13H,2-8H2,1H3,(H,16,20)(H,18,19). The van der Waals surface area contributed by atoms with E-state index in [-0.39, 0.29) is 18.2 Å². The molecule has 0 aromatic rings. The fourth-order valence-electron chi connectivity index (χ4n) is 3.52. The molecule has 0 aromatic heterocycles. The Hall–Kier alpha value is -1.30. The lowest BCUT2D eigenvalue weighted by Gasteiger charge is -2.36. The number of rotatable bonds is 3. The first kappa shape index (κ1) is 14.6. The molecule has 6 heteroatoms. The lowest BCUT2D eigenvalue weighted by atomic mass is 9.92. The summed E-state index contributed by atoms with van der Waals surface area (Å²) in [5, 5.41) is 12.4. The van der Waals surface area contributed by atoms with Gasteiger partial charge in [0.15, 0.2) is 0 Å². The van der Waals surface area contributed by atoms with Gasteiger partial charge in [0.05, 0.1) is 12.1 Å². The normalized spacial score (nSPS) is 36.5. The summed E-state index contributed by atoms with van der Waals surface area (Å²) < 4.78 is 5.72. The first-order valence-corrected chi connectivity index (χ1v) is 7.98. The molecule has 4 unspecified atom stereocenters. The minimum Gasteiger partial charge on any atom is -0.480 e. The van der Waals surface area contributed by atoms with E-state index in [0.717, 1.165) is 12.8 Å². The summed E-state index contributed by atoms with van der Waals surface area (Å²) in [7, 11) is 0. The second-order valence-corrected chi connectivity index (χ2v) is 6.69. The van der Waals surface area contributed by atoms with Crippen molar-refractivity contribution in [2.45, 2.75) is 57.2 Å². The molecule has 2 N–H and O–H groups in total. The van der Waals surface area contributed by atoms with E-state index in [1.807, 2.05) is 6.92 Å². The number of likely N-dealkylation sites (tertiary alicyclic amines) is 1. The molecule has 1 saturated carbocycles. The van der Waals surface area contributed by atoms with Gasteiger partial charge in [0, 0.05) is 13.2 Å². The van der Waals surface area contributed by atoms with E-state index in [2.05, 4.69) is 5.32 Å². The van der Waals surface area contributed by atoms with Crippen molar-refractivity contribution in [2.75, 3.05) is 13.2 Å². The molecule has 3 rings (SSSR count). The summed E-state index contributed by atoms with van der Waals surface area (Å²) in [6.07, 6.45) is 4.71. The maximum absolute atomic E-state index is 12.5. The zero-order chi connectivity index (χ0) is 15.0. The van der Waals surface area contributed by atoms with Gasteiger partial charge in [-0.1, -0.05) is 6.92 Å². The number of piperidine rings is 1. The van der Waals surface area contributed by atoms with Crippen molar-refractivity contribution in [1.82, 2.24) is 10.2 Å². The summed E-state index contributed by atoms with van der Waals surface area (Å²) >= 11 is 0. The Morgan fingerprint density at radius 3 is 2.67 bits per heavy atom. The van der Waals surface area contributed by atoms with Crippen LogP contribution in [-0.4, -0.2) is 53.3 Å². The Bertz CT molecular complexity index is 424. The van der Waals surface area contributed by atoms with Gasteiger partial charge < -0.3 is 20.1 Å². The lowest BCUT2D eigenvalue weighted by Crippen LogP contribution is -2.56. The summed E-state index contributed by atoms with van der Waals surface area (Å²) in [6, 6.07) is -0.898. The zero-order valence-electron chi connectivity index (χ0n) is 12.5. The molecule has 118 valence electrons. The smallest absolute Gasteiger partial charge is 0.326 e. The third-order valence-corrected chi connectivity index (χ3v) is 4.94. The fourth-order valence-corrected chi connectivity index (χ4v) is 3.52. The van der Waals surface area contributed by atoms with E-state index in [1.54, 1.807) is 0 Å².